The lowest BCUT2D eigenvalue weighted by atomic mass is 9.95. The predicted molar refractivity (Wildman–Crippen MR) is 102 cm³/mol. The highest BCUT2D eigenvalue weighted by Crippen LogP contribution is 2.36. The molecule has 0 saturated carbocycles. The lowest BCUT2D eigenvalue weighted by Crippen LogP contribution is -2.05. The van der Waals surface area contributed by atoms with Crippen molar-refractivity contribution in [3.8, 4) is 11.1 Å². The number of pyridine rings is 1. The van der Waals surface area contributed by atoms with Crippen molar-refractivity contribution < 1.29 is 9.31 Å². The molecule has 0 radical (unpaired) electrons. The Kier molecular flexibility index (Phi) is 4.24. The molecule has 5 nitrogen and oxygen atoms in total. The summed E-state index contributed by atoms with van der Waals surface area (Å²) in [6.07, 6.45) is 2.68. The summed E-state index contributed by atoms with van der Waals surface area (Å²) in [6, 6.07) is 13.6. The van der Waals surface area contributed by atoms with E-state index in [-0.39, 0.29) is 11.5 Å². The van der Waals surface area contributed by atoms with Gasteiger partial charge in [0.05, 0.1) is 16.2 Å². The fourth-order valence-corrected chi connectivity index (χ4v) is 3.39. The van der Waals surface area contributed by atoms with E-state index in [9.17, 15) is 14.5 Å². The minimum atomic E-state index is -0.409. The molecular formula is C21H16FN3O2. The van der Waals surface area contributed by atoms with Gasteiger partial charge in [-0.25, -0.2) is 14.4 Å². The van der Waals surface area contributed by atoms with E-state index >= 15 is 0 Å². The number of nitrogens with zero attached hydrogens (tertiary/aromatic N) is 3. The molecular weight excluding hydrogens is 345 g/mol. The maximum absolute atomic E-state index is 14.3. The second-order valence-electron chi connectivity index (χ2n) is 6.33. The SMILES string of the molecule is CCc1ccc(-c2ccnc3c2CC(c2ccccc2[N+](=O)[O-])=N3)cc1F. The Morgan fingerprint density at radius 2 is 1.96 bits per heavy atom. The Labute approximate surface area is 155 Å². The summed E-state index contributed by atoms with van der Waals surface area (Å²) >= 11 is 0. The molecule has 0 N–H and O–H groups in total. The summed E-state index contributed by atoms with van der Waals surface area (Å²) in [6.45, 7) is 1.91. The molecule has 1 aliphatic heterocycles. The van der Waals surface area contributed by atoms with Crippen LogP contribution in [0.15, 0.2) is 59.7 Å². The molecule has 2 heterocycles. The van der Waals surface area contributed by atoms with Gasteiger partial charge < -0.3 is 0 Å². The average Bonchev–Trinajstić information content (AvgIpc) is 3.12. The lowest BCUT2D eigenvalue weighted by molar-refractivity contribution is -0.385. The van der Waals surface area contributed by atoms with Gasteiger partial charge in [0.15, 0.2) is 5.82 Å². The monoisotopic (exact) mass is 361 g/mol. The molecule has 27 heavy (non-hydrogen) atoms. The lowest BCUT2D eigenvalue weighted by Gasteiger charge is -2.09. The van der Waals surface area contributed by atoms with Gasteiger partial charge in [0, 0.05) is 24.2 Å². The van der Waals surface area contributed by atoms with Gasteiger partial charge in [-0.15, -0.1) is 0 Å². The predicted octanol–water partition coefficient (Wildman–Crippen LogP) is 5.04. The molecule has 0 spiro atoms. The van der Waals surface area contributed by atoms with Crippen molar-refractivity contribution >= 4 is 17.2 Å². The molecule has 3 aromatic rings. The second kappa shape index (κ2) is 6.72. The number of hydrogen-bond donors (Lipinski definition) is 0. The highest BCUT2D eigenvalue weighted by atomic mass is 19.1. The van der Waals surface area contributed by atoms with E-state index in [2.05, 4.69) is 9.98 Å². The molecule has 0 aliphatic carbocycles. The van der Waals surface area contributed by atoms with Gasteiger partial charge in [-0.3, -0.25) is 10.1 Å². The van der Waals surface area contributed by atoms with Crippen molar-refractivity contribution in [3.63, 3.8) is 0 Å². The van der Waals surface area contributed by atoms with Crippen molar-refractivity contribution in [2.75, 3.05) is 0 Å². The molecule has 0 amide bonds. The Morgan fingerprint density at radius 3 is 2.70 bits per heavy atom. The highest BCUT2D eigenvalue weighted by Gasteiger charge is 2.25. The van der Waals surface area contributed by atoms with Gasteiger partial charge in [0.1, 0.15) is 5.82 Å². The van der Waals surface area contributed by atoms with Gasteiger partial charge in [-0.05, 0) is 41.3 Å². The fourth-order valence-electron chi connectivity index (χ4n) is 3.39. The zero-order valence-corrected chi connectivity index (χ0v) is 14.6. The first-order valence-corrected chi connectivity index (χ1v) is 8.66. The number of hydrogen-bond acceptors (Lipinski definition) is 4. The van der Waals surface area contributed by atoms with E-state index in [1.54, 1.807) is 30.5 Å². The number of para-hydroxylation sites is 1. The molecule has 2 aromatic carbocycles. The molecule has 0 unspecified atom stereocenters. The number of aryl methyl sites for hydroxylation is 1. The first-order chi connectivity index (χ1) is 13.1. The van der Waals surface area contributed by atoms with Gasteiger partial charge >= 0.3 is 0 Å². The summed E-state index contributed by atoms with van der Waals surface area (Å²) in [5.41, 5.74) is 4.22. The normalized spacial score (nSPS) is 12.6. The van der Waals surface area contributed by atoms with Crippen LogP contribution in [0, 0.1) is 15.9 Å². The van der Waals surface area contributed by atoms with Gasteiger partial charge in [-0.1, -0.05) is 31.2 Å². The van der Waals surface area contributed by atoms with Crippen molar-refractivity contribution in [1.29, 1.82) is 0 Å². The van der Waals surface area contributed by atoms with Gasteiger partial charge in [0.2, 0.25) is 0 Å². The number of aromatic nitrogens is 1. The molecule has 1 aliphatic rings. The maximum Gasteiger partial charge on any atom is 0.278 e. The molecule has 0 fully saturated rings. The summed E-state index contributed by atoms with van der Waals surface area (Å²) < 4.78 is 14.3. The smallest absolute Gasteiger partial charge is 0.258 e. The molecule has 4 rings (SSSR count). The average molecular weight is 361 g/mol. The third-order valence-electron chi connectivity index (χ3n) is 4.77. The first-order valence-electron chi connectivity index (χ1n) is 8.66. The van der Waals surface area contributed by atoms with E-state index in [1.807, 2.05) is 19.1 Å². The van der Waals surface area contributed by atoms with E-state index in [4.69, 9.17) is 0 Å². The van der Waals surface area contributed by atoms with Crippen LogP contribution >= 0.6 is 0 Å². The summed E-state index contributed by atoms with van der Waals surface area (Å²) in [7, 11) is 0. The van der Waals surface area contributed by atoms with Crippen molar-refractivity contribution in [2.24, 2.45) is 4.99 Å². The minimum absolute atomic E-state index is 0.0175. The topological polar surface area (TPSA) is 68.4 Å². The Bertz CT molecular complexity index is 1090. The first kappa shape index (κ1) is 17.0. The van der Waals surface area contributed by atoms with Crippen molar-refractivity contribution in [1.82, 2.24) is 4.98 Å². The van der Waals surface area contributed by atoms with Crippen LogP contribution in [0.25, 0.3) is 11.1 Å². The molecule has 0 bridgehead atoms. The van der Waals surface area contributed by atoms with E-state index in [0.717, 1.165) is 16.7 Å². The van der Waals surface area contributed by atoms with Crippen molar-refractivity contribution in [2.45, 2.75) is 19.8 Å². The van der Waals surface area contributed by atoms with Crippen LogP contribution in [0.3, 0.4) is 0 Å². The molecule has 0 saturated heterocycles. The van der Waals surface area contributed by atoms with E-state index < -0.39 is 4.92 Å². The van der Waals surface area contributed by atoms with Gasteiger partial charge in [-0.2, -0.15) is 0 Å². The quantitative estimate of drug-likeness (QED) is 0.483. The van der Waals surface area contributed by atoms with E-state index in [1.165, 1.54) is 12.1 Å². The van der Waals surface area contributed by atoms with Crippen LogP contribution in [0.5, 0.6) is 0 Å². The number of nitro groups is 1. The zero-order chi connectivity index (χ0) is 19.0. The summed E-state index contributed by atoms with van der Waals surface area (Å²) in [5.74, 6) is 0.291. The van der Waals surface area contributed by atoms with Crippen LogP contribution in [0.4, 0.5) is 15.9 Å². The molecule has 0 atom stereocenters. The van der Waals surface area contributed by atoms with Crippen LogP contribution in [-0.4, -0.2) is 15.6 Å². The van der Waals surface area contributed by atoms with Crippen LogP contribution < -0.4 is 0 Å². The van der Waals surface area contributed by atoms with Crippen LogP contribution in [-0.2, 0) is 12.8 Å². The Balaban J connectivity index is 1.76. The van der Waals surface area contributed by atoms with Crippen LogP contribution in [0.1, 0.15) is 23.6 Å². The zero-order valence-electron chi connectivity index (χ0n) is 14.6. The number of benzene rings is 2. The number of fused-ring (bicyclic) bond motifs is 1. The molecule has 1 aromatic heterocycles. The summed E-state index contributed by atoms with van der Waals surface area (Å²) in [4.78, 5) is 19.7. The third-order valence-corrected chi connectivity index (χ3v) is 4.77. The number of aliphatic imine (C=N–C) groups is 1. The second-order valence-corrected chi connectivity index (χ2v) is 6.33. The number of nitro benzene ring substituents is 1. The summed E-state index contributed by atoms with van der Waals surface area (Å²) in [5, 5.41) is 11.3. The standard InChI is InChI=1S/C21H16FN3O2/c1-2-13-7-8-14(11-18(13)22)15-9-10-23-21-17(15)12-19(24-21)16-5-3-4-6-20(16)25(26)27/h3-11H,2,12H2,1H3. The number of halogens is 1. The van der Waals surface area contributed by atoms with Crippen molar-refractivity contribution in [3.05, 3.63) is 87.3 Å². The Morgan fingerprint density at radius 1 is 1.15 bits per heavy atom. The Hall–Kier alpha value is -3.41. The van der Waals surface area contributed by atoms with Crippen LogP contribution in [0.2, 0.25) is 0 Å². The van der Waals surface area contributed by atoms with Gasteiger partial charge in [0.25, 0.3) is 5.69 Å². The maximum atomic E-state index is 14.3. The van der Waals surface area contributed by atoms with E-state index in [0.29, 0.717) is 35.5 Å². The highest BCUT2D eigenvalue weighted by molar-refractivity contribution is 6.09. The minimum Gasteiger partial charge on any atom is -0.258 e. The molecule has 6 heteroatoms. The third kappa shape index (κ3) is 2.99. The molecule has 134 valence electrons. The number of rotatable bonds is 4. The largest absolute Gasteiger partial charge is 0.278 e. The fraction of sp³-hybridized carbons (Fsp3) is 0.143.